The summed E-state index contributed by atoms with van der Waals surface area (Å²) < 4.78 is 5.37. The fourth-order valence-corrected chi connectivity index (χ4v) is 2.05. The van der Waals surface area contributed by atoms with Gasteiger partial charge in [-0.05, 0) is 43.7 Å². The van der Waals surface area contributed by atoms with Gasteiger partial charge in [0.1, 0.15) is 5.56 Å². The lowest BCUT2D eigenvalue weighted by atomic mass is 10.1. The van der Waals surface area contributed by atoms with Gasteiger partial charge in [-0.2, -0.15) is 0 Å². The van der Waals surface area contributed by atoms with Crippen LogP contribution in [-0.2, 0) is 0 Å². The van der Waals surface area contributed by atoms with Crippen molar-refractivity contribution >= 4 is 17.5 Å². The monoisotopic (exact) mass is 304 g/mol. The van der Waals surface area contributed by atoms with Gasteiger partial charge in [0, 0.05) is 11.2 Å². The molecule has 0 bridgehead atoms. The molecule has 0 saturated carbocycles. The minimum absolute atomic E-state index is 0.135. The summed E-state index contributed by atoms with van der Waals surface area (Å²) in [7, 11) is 0. The number of hydrogen-bond donors (Lipinski definition) is 1. The molecule has 0 saturated heterocycles. The number of amides is 1. The van der Waals surface area contributed by atoms with Crippen molar-refractivity contribution < 1.29 is 9.53 Å². The molecular weight excluding hydrogens is 288 g/mol. The molecule has 1 heterocycles. The van der Waals surface area contributed by atoms with E-state index in [0.29, 0.717) is 23.1 Å². The van der Waals surface area contributed by atoms with Crippen LogP contribution in [0.4, 0.5) is 0 Å². The molecule has 0 spiro atoms. The van der Waals surface area contributed by atoms with E-state index in [1.54, 1.807) is 30.5 Å². The summed E-state index contributed by atoms with van der Waals surface area (Å²) in [5.74, 6) is 0.134. The molecule has 0 fully saturated rings. The Labute approximate surface area is 129 Å². The molecule has 4 nitrogen and oxygen atoms in total. The smallest absolute Gasteiger partial charge is 0.257 e. The highest BCUT2D eigenvalue weighted by Crippen LogP contribution is 2.19. The zero-order valence-electron chi connectivity index (χ0n) is 12.0. The topological polar surface area (TPSA) is 51.2 Å². The number of aromatic nitrogens is 1. The van der Waals surface area contributed by atoms with Crippen LogP contribution in [0.2, 0.25) is 5.02 Å². The number of benzene rings is 1. The Morgan fingerprint density at radius 1 is 1.33 bits per heavy atom. The lowest BCUT2D eigenvalue weighted by molar-refractivity contribution is 0.0935. The van der Waals surface area contributed by atoms with Gasteiger partial charge in [-0.3, -0.25) is 4.79 Å². The molecule has 1 aromatic carbocycles. The number of rotatable bonds is 5. The third-order valence-electron chi connectivity index (χ3n) is 3.01. The van der Waals surface area contributed by atoms with Crippen molar-refractivity contribution in [2.24, 2.45) is 0 Å². The van der Waals surface area contributed by atoms with E-state index in [9.17, 15) is 4.79 Å². The van der Waals surface area contributed by atoms with Crippen LogP contribution < -0.4 is 10.1 Å². The number of hydrogen-bond acceptors (Lipinski definition) is 3. The van der Waals surface area contributed by atoms with Crippen molar-refractivity contribution in [1.29, 1.82) is 0 Å². The van der Waals surface area contributed by atoms with Gasteiger partial charge in [0.2, 0.25) is 5.88 Å². The van der Waals surface area contributed by atoms with Gasteiger partial charge in [-0.25, -0.2) is 4.98 Å². The van der Waals surface area contributed by atoms with Gasteiger partial charge >= 0.3 is 0 Å². The van der Waals surface area contributed by atoms with Crippen LogP contribution in [0.3, 0.4) is 0 Å². The molecule has 1 aromatic heterocycles. The lowest BCUT2D eigenvalue weighted by Crippen LogP contribution is -2.27. The van der Waals surface area contributed by atoms with Crippen LogP contribution in [0.15, 0.2) is 42.6 Å². The lowest BCUT2D eigenvalue weighted by Gasteiger charge is -2.15. The first-order valence-corrected chi connectivity index (χ1v) is 7.13. The third kappa shape index (κ3) is 3.95. The molecular formula is C16H17ClN2O2. The van der Waals surface area contributed by atoms with Gasteiger partial charge in [0.15, 0.2) is 0 Å². The predicted octanol–water partition coefficient (Wildman–Crippen LogP) is 3.62. The largest absolute Gasteiger partial charge is 0.477 e. The van der Waals surface area contributed by atoms with Crippen molar-refractivity contribution in [2.45, 2.75) is 19.9 Å². The van der Waals surface area contributed by atoms with Crippen LogP contribution in [0.25, 0.3) is 0 Å². The van der Waals surface area contributed by atoms with Crippen LogP contribution in [0.5, 0.6) is 5.88 Å². The van der Waals surface area contributed by atoms with Crippen molar-refractivity contribution in [1.82, 2.24) is 10.3 Å². The maximum Gasteiger partial charge on any atom is 0.257 e. The Kier molecular flexibility index (Phi) is 5.17. The quantitative estimate of drug-likeness (QED) is 0.918. The highest BCUT2D eigenvalue weighted by Gasteiger charge is 2.16. The van der Waals surface area contributed by atoms with Crippen LogP contribution >= 0.6 is 11.6 Å². The van der Waals surface area contributed by atoms with E-state index in [2.05, 4.69) is 10.3 Å². The summed E-state index contributed by atoms with van der Waals surface area (Å²) in [6, 6.07) is 10.7. The van der Waals surface area contributed by atoms with Crippen LogP contribution in [0, 0.1) is 0 Å². The summed E-state index contributed by atoms with van der Waals surface area (Å²) in [6.07, 6.45) is 1.60. The van der Waals surface area contributed by atoms with Crippen molar-refractivity contribution in [3.8, 4) is 5.88 Å². The molecule has 1 amide bonds. The molecule has 1 atom stereocenters. The van der Waals surface area contributed by atoms with E-state index in [-0.39, 0.29) is 11.9 Å². The Bertz CT molecular complexity index is 614. The Balaban J connectivity index is 2.12. The van der Waals surface area contributed by atoms with E-state index < -0.39 is 0 Å². The van der Waals surface area contributed by atoms with E-state index in [0.717, 1.165) is 5.56 Å². The van der Waals surface area contributed by atoms with E-state index in [4.69, 9.17) is 16.3 Å². The molecule has 0 aliphatic heterocycles. The van der Waals surface area contributed by atoms with Gasteiger partial charge in [0.05, 0.1) is 12.6 Å². The molecule has 2 rings (SSSR count). The maximum atomic E-state index is 12.3. The predicted molar refractivity (Wildman–Crippen MR) is 82.7 cm³/mol. The first-order valence-electron chi connectivity index (χ1n) is 6.76. The van der Waals surface area contributed by atoms with E-state index in [1.165, 1.54) is 0 Å². The molecule has 1 unspecified atom stereocenters. The van der Waals surface area contributed by atoms with Gasteiger partial charge in [-0.1, -0.05) is 23.7 Å². The normalized spacial score (nSPS) is 11.8. The third-order valence-corrected chi connectivity index (χ3v) is 3.27. The number of nitrogens with zero attached hydrogens (tertiary/aromatic N) is 1. The molecule has 1 N–H and O–H groups in total. The van der Waals surface area contributed by atoms with Gasteiger partial charge < -0.3 is 10.1 Å². The molecule has 0 aliphatic rings. The fourth-order valence-electron chi connectivity index (χ4n) is 1.92. The van der Waals surface area contributed by atoms with Gasteiger partial charge in [-0.15, -0.1) is 0 Å². The second-order valence-electron chi connectivity index (χ2n) is 4.54. The fraction of sp³-hybridized carbons (Fsp3) is 0.250. The maximum absolute atomic E-state index is 12.3. The number of halogens is 1. The highest BCUT2D eigenvalue weighted by molar-refractivity contribution is 6.30. The zero-order valence-corrected chi connectivity index (χ0v) is 12.7. The summed E-state index contributed by atoms with van der Waals surface area (Å²) >= 11 is 5.86. The average Bonchev–Trinajstić information content (AvgIpc) is 2.48. The van der Waals surface area contributed by atoms with Crippen LogP contribution in [-0.4, -0.2) is 17.5 Å². The molecule has 0 aliphatic carbocycles. The molecule has 21 heavy (non-hydrogen) atoms. The standard InChI is InChI=1S/C16H17ClN2O2/c1-3-21-16-14(5-4-10-18-16)15(20)19-11(2)12-6-8-13(17)9-7-12/h4-11H,3H2,1-2H3,(H,19,20). The number of carbonyl (C=O) groups excluding carboxylic acids is 1. The summed E-state index contributed by atoms with van der Waals surface area (Å²) in [5, 5.41) is 3.60. The molecule has 110 valence electrons. The zero-order chi connectivity index (χ0) is 15.2. The SMILES string of the molecule is CCOc1ncccc1C(=O)NC(C)c1ccc(Cl)cc1. The first-order chi connectivity index (χ1) is 10.1. The van der Waals surface area contributed by atoms with E-state index in [1.807, 2.05) is 26.0 Å². The number of nitrogens with one attached hydrogen (secondary N) is 1. The number of pyridine rings is 1. The van der Waals surface area contributed by atoms with E-state index >= 15 is 0 Å². The van der Waals surface area contributed by atoms with Crippen molar-refractivity contribution in [3.05, 3.63) is 58.7 Å². The highest BCUT2D eigenvalue weighted by atomic mass is 35.5. The van der Waals surface area contributed by atoms with Crippen molar-refractivity contribution in [2.75, 3.05) is 6.61 Å². The molecule has 0 radical (unpaired) electrons. The molecule has 5 heteroatoms. The summed E-state index contributed by atoms with van der Waals surface area (Å²) in [5.41, 5.74) is 1.41. The Morgan fingerprint density at radius 3 is 2.71 bits per heavy atom. The minimum Gasteiger partial charge on any atom is -0.477 e. The molecule has 2 aromatic rings. The summed E-state index contributed by atoms with van der Waals surface area (Å²) in [4.78, 5) is 16.4. The number of carbonyl (C=O) groups is 1. The second-order valence-corrected chi connectivity index (χ2v) is 4.97. The number of ether oxygens (including phenoxy) is 1. The first kappa shape index (κ1) is 15.3. The minimum atomic E-state index is -0.214. The summed E-state index contributed by atoms with van der Waals surface area (Å²) in [6.45, 7) is 4.23. The Hall–Kier alpha value is -2.07. The van der Waals surface area contributed by atoms with Crippen LogP contribution in [0.1, 0.15) is 35.8 Å². The van der Waals surface area contributed by atoms with Gasteiger partial charge in [0.25, 0.3) is 5.91 Å². The average molecular weight is 305 g/mol. The second kappa shape index (κ2) is 7.09. The van der Waals surface area contributed by atoms with Crippen molar-refractivity contribution in [3.63, 3.8) is 0 Å². The Morgan fingerprint density at radius 2 is 2.05 bits per heavy atom.